The summed E-state index contributed by atoms with van der Waals surface area (Å²) in [5.41, 5.74) is 1.41. The molecule has 1 heterocycles. The fourth-order valence-electron chi connectivity index (χ4n) is 1.31. The molecule has 0 radical (unpaired) electrons. The van der Waals surface area contributed by atoms with Crippen LogP contribution in [-0.2, 0) is 16.8 Å². The summed E-state index contributed by atoms with van der Waals surface area (Å²) in [6, 6.07) is 11.2. The Hall–Kier alpha value is -1.26. The minimum Gasteiger partial charge on any atom is -0.772 e. The zero-order valence-corrected chi connectivity index (χ0v) is 8.16. The highest BCUT2D eigenvalue weighted by molar-refractivity contribution is 7.78. The molecule has 3 nitrogen and oxygen atoms in total. The van der Waals surface area contributed by atoms with Gasteiger partial charge in [-0.3, -0.25) is 9.19 Å². The second kappa shape index (κ2) is 3.86. The number of para-hydroxylation sites is 1. The van der Waals surface area contributed by atoms with Gasteiger partial charge in [-0.1, -0.05) is 24.3 Å². The van der Waals surface area contributed by atoms with E-state index in [9.17, 15) is 8.76 Å². The Labute approximate surface area is 84.1 Å². The molecule has 0 spiro atoms. The van der Waals surface area contributed by atoms with E-state index in [1.807, 2.05) is 30.3 Å². The van der Waals surface area contributed by atoms with Gasteiger partial charge in [-0.15, -0.1) is 0 Å². The summed E-state index contributed by atoms with van der Waals surface area (Å²) in [6.07, 6.45) is 0. The molecule has 0 aliphatic carbocycles. The maximum Gasteiger partial charge on any atom is 0.0705 e. The van der Waals surface area contributed by atoms with Crippen molar-refractivity contribution in [2.24, 2.45) is 0 Å². The molecule has 0 saturated heterocycles. The van der Waals surface area contributed by atoms with E-state index in [1.54, 1.807) is 6.07 Å². The van der Waals surface area contributed by atoms with Crippen molar-refractivity contribution in [3.05, 3.63) is 42.1 Å². The van der Waals surface area contributed by atoms with Crippen LogP contribution in [0.3, 0.4) is 0 Å². The van der Waals surface area contributed by atoms with Gasteiger partial charge in [0.25, 0.3) is 0 Å². The van der Waals surface area contributed by atoms with Gasteiger partial charge in [-0.25, -0.2) is 0 Å². The normalized spacial score (nSPS) is 12.9. The molecule has 1 atom stereocenters. The molecule has 0 aliphatic rings. The summed E-state index contributed by atoms with van der Waals surface area (Å²) >= 11 is -2.07. The Balaban J connectivity index is 2.46. The largest absolute Gasteiger partial charge is 0.772 e. The van der Waals surface area contributed by atoms with E-state index in [0.29, 0.717) is 5.69 Å². The van der Waals surface area contributed by atoms with Crippen LogP contribution in [0.15, 0.2) is 36.4 Å². The molecule has 0 bridgehead atoms. The average Bonchev–Trinajstić information content (AvgIpc) is 2.17. The summed E-state index contributed by atoms with van der Waals surface area (Å²) < 4.78 is 20.9. The molecule has 4 heteroatoms. The van der Waals surface area contributed by atoms with Crippen LogP contribution in [-0.4, -0.2) is 13.7 Å². The Morgan fingerprint density at radius 2 is 2.00 bits per heavy atom. The molecule has 0 aliphatic heterocycles. The van der Waals surface area contributed by atoms with Gasteiger partial charge in [0.15, 0.2) is 0 Å². The SMILES string of the molecule is O=S([O-])Cc1ccc2ccccc2n1. The van der Waals surface area contributed by atoms with Crippen LogP contribution >= 0.6 is 0 Å². The van der Waals surface area contributed by atoms with Gasteiger partial charge in [-0.05, 0) is 23.2 Å². The molecule has 72 valence electrons. The van der Waals surface area contributed by atoms with Crippen molar-refractivity contribution in [1.82, 2.24) is 4.98 Å². The summed E-state index contributed by atoms with van der Waals surface area (Å²) in [6.45, 7) is 0. The van der Waals surface area contributed by atoms with E-state index in [4.69, 9.17) is 0 Å². The van der Waals surface area contributed by atoms with Crippen molar-refractivity contribution in [3.8, 4) is 0 Å². The van der Waals surface area contributed by atoms with E-state index in [2.05, 4.69) is 4.98 Å². The Morgan fingerprint density at radius 3 is 2.79 bits per heavy atom. The summed E-state index contributed by atoms with van der Waals surface area (Å²) in [4.78, 5) is 4.22. The minimum atomic E-state index is -2.07. The molecule has 0 fully saturated rings. The van der Waals surface area contributed by atoms with Crippen LogP contribution in [0.25, 0.3) is 10.9 Å². The predicted octanol–water partition coefficient (Wildman–Crippen LogP) is 1.61. The number of pyridine rings is 1. The van der Waals surface area contributed by atoms with Gasteiger partial charge < -0.3 is 4.55 Å². The van der Waals surface area contributed by atoms with Crippen molar-refractivity contribution in [2.75, 3.05) is 0 Å². The minimum absolute atomic E-state index is 0.0230. The van der Waals surface area contributed by atoms with Crippen molar-refractivity contribution in [2.45, 2.75) is 5.75 Å². The average molecular weight is 206 g/mol. The van der Waals surface area contributed by atoms with Crippen LogP contribution in [0, 0.1) is 0 Å². The smallest absolute Gasteiger partial charge is 0.0705 e. The molecule has 2 rings (SSSR count). The van der Waals surface area contributed by atoms with Crippen molar-refractivity contribution >= 4 is 22.0 Å². The topological polar surface area (TPSA) is 53.0 Å². The van der Waals surface area contributed by atoms with Gasteiger partial charge >= 0.3 is 0 Å². The number of hydrogen-bond acceptors (Lipinski definition) is 3. The molecule has 1 aromatic heterocycles. The predicted molar refractivity (Wildman–Crippen MR) is 54.4 cm³/mol. The van der Waals surface area contributed by atoms with E-state index in [0.717, 1.165) is 10.9 Å². The number of hydrogen-bond donors (Lipinski definition) is 0. The Bertz CT molecular complexity index is 484. The van der Waals surface area contributed by atoms with Crippen molar-refractivity contribution in [3.63, 3.8) is 0 Å². The highest BCUT2D eigenvalue weighted by Crippen LogP contribution is 2.12. The van der Waals surface area contributed by atoms with Crippen LogP contribution in [0.4, 0.5) is 0 Å². The van der Waals surface area contributed by atoms with Gasteiger partial charge in [-0.2, -0.15) is 0 Å². The van der Waals surface area contributed by atoms with Crippen LogP contribution in [0.1, 0.15) is 5.69 Å². The van der Waals surface area contributed by atoms with E-state index in [1.165, 1.54) is 0 Å². The highest BCUT2D eigenvalue weighted by Gasteiger charge is 1.97. The van der Waals surface area contributed by atoms with Gasteiger partial charge in [0.05, 0.1) is 17.0 Å². The molecule has 0 amide bonds. The fourth-order valence-corrected chi connectivity index (χ4v) is 1.71. The van der Waals surface area contributed by atoms with E-state index >= 15 is 0 Å². The third kappa shape index (κ3) is 1.97. The number of rotatable bonds is 2. The first-order valence-electron chi connectivity index (χ1n) is 4.16. The Morgan fingerprint density at radius 1 is 1.21 bits per heavy atom. The zero-order chi connectivity index (χ0) is 9.97. The number of benzene rings is 1. The summed E-state index contributed by atoms with van der Waals surface area (Å²) in [5.74, 6) is -0.0230. The second-order valence-electron chi connectivity index (χ2n) is 2.94. The summed E-state index contributed by atoms with van der Waals surface area (Å²) in [5, 5.41) is 1.02. The zero-order valence-electron chi connectivity index (χ0n) is 7.34. The Kier molecular flexibility index (Phi) is 2.56. The molecular formula is C10H8NO2S-. The molecule has 2 aromatic rings. The van der Waals surface area contributed by atoms with Crippen LogP contribution in [0.2, 0.25) is 0 Å². The standard InChI is InChI=1S/C10H9NO2S/c12-14(13)7-9-6-5-8-3-1-2-4-10(8)11-9/h1-6H,7H2,(H,12,13)/p-1. The van der Waals surface area contributed by atoms with E-state index in [-0.39, 0.29) is 5.75 Å². The number of nitrogens with zero attached hydrogens (tertiary/aromatic N) is 1. The van der Waals surface area contributed by atoms with Crippen molar-refractivity contribution < 1.29 is 8.76 Å². The highest BCUT2D eigenvalue weighted by atomic mass is 32.2. The van der Waals surface area contributed by atoms with Gasteiger partial charge in [0, 0.05) is 5.39 Å². The van der Waals surface area contributed by atoms with Crippen molar-refractivity contribution in [1.29, 1.82) is 0 Å². The maximum atomic E-state index is 10.5. The quantitative estimate of drug-likeness (QED) is 0.701. The first kappa shape index (κ1) is 9.30. The van der Waals surface area contributed by atoms with Gasteiger partial charge in [0.2, 0.25) is 0 Å². The molecule has 1 aromatic carbocycles. The lowest BCUT2D eigenvalue weighted by molar-refractivity contribution is 0.535. The summed E-state index contributed by atoms with van der Waals surface area (Å²) in [7, 11) is 0. The molecule has 0 saturated carbocycles. The van der Waals surface area contributed by atoms with Gasteiger partial charge in [0.1, 0.15) is 0 Å². The van der Waals surface area contributed by atoms with Crippen LogP contribution in [0.5, 0.6) is 0 Å². The number of fused-ring (bicyclic) bond motifs is 1. The fraction of sp³-hybridized carbons (Fsp3) is 0.100. The first-order valence-corrected chi connectivity index (χ1v) is 5.40. The van der Waals surface area contributed by atoms with Crippen LogP contribution < -0.4 is 0 Å². The third-order valence-electron chi connectivity index (χ3n) is 1.92. The molecular weight excluding hydrogens is 198 g/mol. The first-order chi connectivity index (χ1) is 6.75. The third-order valence-corrected chi connectivity index (χ3v) is 2.45. The lowest BCUT2D eigenvalue weighted by Gasteiger charge is -2.04. The molecule has 1 unspecified atom stereocenters. The molecule has 14 heavy (non-hydrogen) atoms. The lowest BCUT2D eigenvalue weighted by Crippen LogP contribution is -1.96. The maximum absolute atomic E-state index is 10.5. The van der Waals surface area contributed by atoms with E-state index < -0.39 is 11.1 Å². The lowest BCUT2D eigenvalue weighted by atomic mass is 10.2. The monoisotopic (exact) mass is 206 g/mol. The second-order valence-corrected chi connectivity index (χ2v) is 3.84. The number of aromatic nitrogens is 1. The molecule has 0 N–H and O–H groups in total.